The fourth-order valence-corrected chi connectivity index (χ4v) is 8.92. The molecule has 7 rings (SSSR count). The summed E-state index contributed by atoms with van der Waals surface area (Å²) in [5.74, 6) is 0.341. The minimum atomic E-state index is -1.22. The normalized spacial score (nSPS) is 24.2. The van der Waals surface area contributed by atoms with Crippen LogP contribution in [0.4, 0.5) is 4.79 Å². The van der Waals surface area contributed by atoms with E-state index in [9.17, 15) is 19.8 Å². The van der Waals surface area contributed by atoms with Crippen LogP contribution in [0, 0.1) is 12.3 Å². The molecule has 1 aromatic heterocycles. The molecule has 0 spiro atoms. The fourth-order valence-electron chi connectivity index (χ4n) is 8.10. The smallest absolute Gasteiger partial charge is 0.410 e. The van der Waals surface area contributed by atoms with E-state index in [1.54, 1.807) is 4.90 Å². The van der Waals surface area contributed by atoms with Gasteiger partial charge in [-0.15, -0.1) is 11.3 Å². The number of carbonyl (C=O) groups excluding carboxylic acids is 2. The van der Waals surface area contributed by atoms with Gasteiger partial charge in [0.25, 0.3) is 0 Å². The Hall–Kier alpha value is -3.78. The molecule has 0 radical (unpaired) electrons. The van der Waals surface area contributed by atoms with Gasteiger partial charge in [-0.1, -0.05) is 68.0 Å². The van der Waals surface area contributed by atoms with Crippen molar-refractivity contribution in [3.05, 3.63) is 111 Å². The number of thiophene rings is 1. The summed E-state index contributed by atoms with van der Waals surface area (Å²) >= 11 is 1.49. The zero-order chi connectivity index (χ0) is 34.8. The third-order valence-electron chi connectivity index (χ3n) is 11.0. The summed E-state index contributed by atoms with van der Waals surface area (Å²) in [5.41, 5.74) is 1.88. The maximum absolute atomic E-state index is 14.2. The van der Waals surface area contributed by atoms with Crippen LogP contribution in [0.5, 0.6) is 5.75 Å². The SMILES string of the molecule is CCCN(CC1(O)CCC2c3ccc(cc3C(=O)c3ccc(C)s3)CC(O)CCC(C)=CCCC21C)C(=O)Oc1ccc2ccccc2c1. The average molecular weight is 680 g/mol. The number of nitrogens with zero attached hydrogens (tertiary/aromatic N) is 1. The predicted molar refractivity (Wildman–Crippen MR) is 198 cm³/mol. The highest BCUT2D eigenvalue weighted by atomic mass is 32.1. The summed E-state index contributed by atoms with van der Waals surface area (Å²) in [4.78, 5) is 31.4. The predicted octanol–water partition coefficient (Wildman–Crippen LogP) is 9.39. The maximum Gasteiger partial charge on any atom is 0.415 e. The number of carbonyl (C=O) groups is 2. The molecule has 3 aliphatic rings. The van der Waals surface area contributed by atoms with E-state index in [0.717, 1.165) is 46.0 Å². The van der Waals surface area contributed by atoms with Gasteiger partial charge in [-0.05, 0) is 123 Å². The van der Waals surface area contributed by atoms with Crippen LogP contribution in [0.25, 0.3) is 10.8 Å². The zero-order valence-electron chi connectivity index (χ0n) is 29.2. The van der Waals surface area contributed by atoms with Crippen molar-refractivity contribution in [3.8, 4) is 5.75 Å². The van der Waals surface area contributed by atoms with Crippen LogP contribution in [0.15, 0.2) is 84.4 Å². The first-order chi connectivity index (χ1) is 23.5. The Morgan fingerprint density at radius 3 is 2.53 bits per heavy atom. The Morgan fingerprint density at radius 1 is 0.980 bits per heavy atom. The van der Waals surface area contributed by atoms with Gasteiger partial charge in [0.1, 0.15) is 5.75 Å². The number of aryl methyl sites for hydroxylation is 1. The molecule has 2 N–H and O–H groups in total. The first kappa shape index (κ1) is 35.1. The van der Waals surface area contributed by atoms with Crippen molar-refractivity contribution in [2.75, 3.05) is 13.1 Å². The summed E-state index contributed by atoms with van der Waals surface area (Å²) in [6, 6.07) is 23.6. The summed E-state index contributed by atoms with van der Waals surface area (Å²) in [7, 11) is 0. The lowest BCUT2D eigenvalue weighted by Crippen LogP contribution is -2.54. The molecule has 258 valence electrons. The molecule has 0 saturated heterocycles. The number of hydrogen-bond donors (Lipinski definition) is 2. The number of amides is 1. The van der Waals surface area contributed by atoms with Gasteiger partial charge in [0.2, 0.25) is 5.78 Å². The molecule has 4 unspecified atom stereocenters. The number of aliphatic hydroxyl groups excluding tert-OH is 1. The van der Waals surface area contributed by atoms with E-state index in [4.69, 9.17) is 4.74 Å². The van der Waals surface area contributed by atoms with Crippen molar-refractivity contribution in [1.82, 2.24) is 4.90 Å². The number of aliphatic hydroxyl groups is 2. The molecule has 6 nitrogen and oxygen atoms in total. The van der Waals surface area contributed by atoms with E-state index in [0.29, 0.717) is 54.8 Å². The summed E-state index contributed by atoms with van der Waals surface area (Å²) < 4.78 is 5.94. The molecule has 3 aliphatic carbocycles. The van der Waals surface area contributed by atoms with E-state index >= 15 is 0 Å². The van der Waals surface area contributed by atoms with Crippen LogP contribution < -0.4 is 4.74 Å². The average Bonchev–Trinajstić information content (AvgIpc) is 3.63. The Morgan fingerprint density at radius 2 is 1.78 bits per heavy atom. The van der Waals surface area contributed by atoms with Crippen molar-refractivity contribution < 1.29 is 24.5 Å². The second-order valence-corrected chi connectivity index (χ2v) is 15.8. The molecule has 3 aromatic carbocycles. The monoisotopic (exact) mass is 679 g/mol. The molecule has 2 bridgehead atoms. The number of ether oxygens (including phenoxy) is 1. The molecule has 4 atom stereocenters. The minimum absolute atomic E-state index is 0.0170. The Bertz CT molecular complexity index is 1860. The molecule has 1 saturated carbocycles. The van der Waals surface area contributed by atoms with E-state index in [2.05, 4.69) is 26.0 Å². The highest BCUT2D eigenvalue weighted by Gasteiger charge is 2.57. The van der Waals surface area contributed by atoms with Crippen molar-refractivity contribution in [2.45, 2.75) is 96.7 Å². The van der Waals surface area contributed by atoms with Crippen molar-refractivity contribution in [2.24, 2.45) is 5.41 Å². The number of allylic oxidation sites excluding steroid dienone is 2. The van der Waals surface area contributed by atoms with Crippen LogP contribution >= 0.6 is 11.3 Å². The Labute approximate surface area is 294 Å². The van der Waals surface area contributed by atoms with E-state index < -0.39 is 23.2 Å². The molecule has 4 aromatic rings. The van der Waals surface area contributed by atoms with E-state index in [-0.39, 0.29) is 18.2 Å². The third-order valence-corrected chi connectivity index (χ3v) is 12.0. The van der Waals surface area contributed by atoms with Gasteiger partial charge in [0.05, 0.1) is 23.1 Å². The molecular formula is C42H49NO5S. The van der Waals surface area contributed by atoms with Gasteiger partial charge in [-0.25, -0.2) is 4.79 Å². The van der Waals surface area contributed by atoms with Crippen molar-refractivity contribution >= 4 is 34.0 Å². The van der Waals surface area contributed by atoms with Gasteiger partial charge in [0.15, 0.2) is 0 Å². The molecule has 0 aliphatic heterocycles. The standard InChI is InChI=1S/C42H49NO5S/c1-5-23-43(40(46)48-34-17-15-31-10-6-7-11-32(31)26-34)27-42(47)22-20-37-35-18-14-30(25-36(35)39(45)38-19-13-29(3)49-38)24-33(44)16-12-28(2)9-8-21-41(37,42)4/h6-7,9-11,13-15,17-19,25-26,33,37,44,47H,5,8,12,16,20-24,27H2,1-4H3. The number of rotatable bonds is 7. The van der Waals surface area contributed by atoms with Gasteiger partial charge in [0, 0.05) is 22.4 Å². The summed E-state index contributed by atoms with van der Waals surface area (Å²) in [6.07, 6.45) is 6.51. The van der Waals surface area contributed by atoms with Crippen LogP contribution in [0.2, 0.25) is 0 Å². The van der Waals surface area contributed by atoms with Crippen LogP contribution in [0.1, 0.15) is 103 Å². The highest BCUT2D eigenvalue weighted by molar-refractivity contribution is 7.14. The molecule has 7 heteroatoms. The molecule has 49 heavy (non-hydrogen) atoms. The number of ketones is 1. The maximum atomic E-state index is 14.2. The molecule has 1 amide bonds. The Balaban J connectivity index is 1.36. The van der Waals surface area contributed by atoms with E-state index in [1.807, 2.05) is 80.6 Å². The second kappa shape index (κ2) is 14.6. The summed E-state index contributed by atoms with van der Waals surface area (Å²) in [5, 5.41) is 25.8. The van der Waals surface area contributed by atoms with Crippen molar-refractivity contribution in [3.63, 3.8) is 0 Å². The van der Waals surface area contributed by atoms with Crippen molar-refractivity contribution in [1.29, 1.82) is 0 Å². The van der Waals surface area contributed by atoms with Gasteiger partial charge < -0.3 is 19.8 Å². The zero-order valence-corrected chi connectivity index (χ0v) is 30.0. The fraction of sp³-hybridized carbons (Fsp3) is 0.429. The van der Waals surface area contributed by atoms with Gasteiger partial charge in [-0.2, -0.15) is 0 Å². The number of benzene rings is 3. The largest absolute Gasteiger partial charge is 0.415 e. The lowest BCUT2D eigenvalue weighted by atomic mass is 9.64. The lowest BCUT2D eigenvalue weighted by Gasteiger charge is -2.46. The van der Waals surface area contributed by atoms with Gasteiger partial charge in [-0.3, -0.25) is 4.79 Å². The highest BCUT2D eigenvalue weighted by Crippen LogP contribution is 2.59. The quantitative estimate of drug-likeness (QED) is 0.150. The van der Waals surface area contributed by atoms with Crippen LogP contribution in [0.3, 0.4) is 0 Å². The third kappa shape index (κ3) is 7.40. The van der Waals surface area contributed by atoms with Crippen LogP contribution in [-0.2, 0) is 6.42 Å². The molecule has 1 fully saturated rings. The van der Waals surface area contributed by atoms with E-state index in [1.165, 1.54) is 16.9 Å². The first-order valence-electron chi connectivity index (χ1n) is 17.8. The second-order valence-electron chi connectivity index (χ2n) is 14.5. The summed E-state index contributed by atoms with van der Waals surface area (Å²) in [6.45, 7) is 8.88. The lowest BCUT2D eigenvalue weighted by molar-refractivity contribution is -0.0790. The molecular weight excluding hydrogens is 631 g/mol. The number of fused-ring (bicyclic) bond motifs is 9. The number of hydrogen-bond acceptors (Lipinski definition) is 6. The van der Waals surface area contributed by atoms with Gasteiger partial charge >= 0.3 is 6.09 Å². The topological polar surface area (TPSA) is 87.1 Å². The van der Waals surface area contributed by atoms with Crippen LogP contribution in [-0.4, -0.2) is 51.8 Å². The molecule has 1 heterocycles. The Kier molecular flexibility index (Phi) is 10.4. The minimum Gasteiger partial charge on any atom is -0.410 e. The first-order valence-corrected chi connectivity index (χ1v) is 18.6.